The van der Waals surface area contributed by atoms with Crippen LogP contribution in [0.1, 0.15) is 31.2 Å². The van der Waals surface area contributed by atoms with E-state index in [0.29, 0.717) is 23.7 Å². The Morgan fingerprint density at radius 1 is 1.07 bits per heavy atom. The van der Waals surface area contributed by atoms with E-state index < -0.39 is 0 Å². The fourth-order valence-corrected chi connectivity index (χ4v) is 3.30. The molecule has 0 atom stereocenters. The van der Waals surface area contributed by atoms with Crippen LogP contribution in [-0.2, 0) is 6.54 Å². The lowest BCUT2D eigenvalue weighted by Crippen LogP contribution is -2.29. The number of carbonyl (C=O) groups is 1. The van der Waals surface area contributed by atoms with E-state index in [1.807, 2.05) is 6.07 Å². The number of pyridine rings is 1. The van der Waals surface area contributed by atoms with Crippen LogP contribution in [0.4, 0.5) is 16.3 Å². The van der Waals surface area contributed by atoms with Crippen LogP contribution in [0.3, 0.4) is 0 Å². The molecule has 1 aliphatic heterocycles. The molecule has 0 unspecified atom stereocenters. The van der Waals surface area contributed by atoms with Gasteiger partial charge >= 0.3 is 6.03 Å². The van der Waals surface area contributed by atoms with Crippen LogP contribution < -0.4 is 25.0 Å². The molecule has 0 spiro atoms. The quantitative estimate of drug-likeness (QED) is 0.792. The minimum absolute atomic E-state index is 0.306. The van der Waals surface area contributed by atoms with E-state index in [1.165, 1.54) is 25.7 Å². The molecule has 2 aromatic rings. The van der Waals surface area contributed by atoms with E-state index in [-0.39, 0.29) is 6.03 Å². The highest BCUT2D eigenvalue weighted by molar-refractivity contribution is 5.91. The normalized spacial score (nSPS) is 14.1. The maximum Gasteiger partial charge on any atom is 0.319 e. The van der Waals surface area contributed by atoms with E-state index in [9.17, 15) is 4.79 Å². The van der Waals surface area contributed by atoms with Crippen molar-refractivity contribution in [2.45, 2.75) is 32.2 Å². The lowest BCUT2D eigenvalue weighted by Gasteiger charge is -2.21. The van der Waals surface area contributed by atoms with Crippen LogP contribution in [0.15, 0.2) is 36.5 Å². The first-order valence-electron chi connectivity index (χ1n) is 9.66. The van der Waals surface area contributed by atoms with Crippen LogP contribution in [-0.4, -0.2) is 38.3 Å². The van der Waals surface area contributed by atoms with Crippen molar-refractivity contribution in [3.63, 3.8) is 0 Å². The second-order valence-electron chi connectivity index (χ2n) is 6.80. The highest BCUT2D eigenvalue weighted by Gasteiger charge is 2.12. The standard InChI is InChI=1S/C21H28N4O3/c1-27-17-7-8-19(28-2)18(14-17)24-21(26)23-15-16-9-10-22-20(13-16)25-11-5-3-4-6-12-25/h7-10,13-14H,3-6,11-12,15H2,1-2H3,(H2,23,24,26). The molecule has 0 aliphatic carbocycles. The van der Waals surface area contributed by atoms with E-state index >= 15 is 0 Å². The molecule has 0 bridgehead atoms. The number of benzene rings is 1. The molecule has 7 heteroatoms. The minimum atomic E-state index is -0.306. The largest absolute Gasteiger partial charge is 0.497 e. The molecule has 2 amide bonds. The molecule has 1 fully saturated rings. The summed E-state index contributed by atoms with van der Waals surface area (Å²) in [4.78, 5) is 19.2. The Kier molecular flexibility index (Phi) is 6.94. The number of rotatable bonds is 6. The number of nitrogens with zero attached hydrogens (tertiary/aromatic N) is 2. The number of aromatic nitrogens is 1. The Morgan fingerprint density at radius 3 is 2.57 bits per heavy atom. The van der Waals surface area contributed by atoms with Gasteiger partial charge in [0.15, 0.2) is 0 Å². The second-order valence-corrected chi connectivity index (χ2v) is 6.80. The van der Waals surface area contributed by atoms with Crippen LogP contribution in [0, 0.1) is 0 Å². The Balaban J connectivity index is 1.59. The van der Waals surface area contributed by atoms with Crippen molar-refractivity contribution in [1.82, 2.24) is 10.3 Å². The smallest absolute Gasteiger partial charge is 0.319 e. The van der Waals surface area contributed by atoms with Crippen molar-refractivity contribution >= 4 is 17.5 Å². The maximum atomic E-state index is 12.3. The average molecular weight is 384 g/mol. The third-order valence-electron chi connectivity index (χ3n) is 4.85. The minimum Gasteiger partial charge on any atom is -0.497 e. The fourth-order valence-electron chi connectivity index (χ4n) is 3.30. The molecule has 3 rings (SSSR count). The van der Waals surface area contributed by atoms with Crippen molar-refractivity contribution in [3.05, 3.63) is 42.1 Å². The molecule has 28 heavy (non-hydrogen) atoms. The van der Waals surface area contributed by atoms with Gasteiger partial charge < -0.3 is 25.0 Å². The molecule has 0 radical (unpaired) electrons. The van der Waals surface area contributed by atoms with Crippen LogP contribution in [0.2, 0.25) is 0 Å². The zero-order valence-electron chi connectivity index (χ0n) is 16.5. The van der Waals surface area contributed by atoms with E-state index in [1.54, 1.807) is 38.6 Å². The summed E-state index contributed by atoms with van der Waals surface area (Å²) in [5, 5.41) is 5.70. The molecule has 1 saturated heterocycles. The van der Waals surface area contributed by atoms with Crippen LogP contribution in [0.25, 0.3) is 0 Å². The molecule has 1 aromatic carbocycles. The van der Waals surface area contributed by atoms with E-state index in [0.717, 1.165) is 24.5 Å². The van der Waals surface area contributed by atoms with E-state index in [2.05, 4.69) is 26.6 Å². The first-order chi connectivity index (χ1) is 13.7. The van der Waals surface area contributed by atoms with Crippen molar-refractivity contribution in [2.24, 2.45) is 0 Å². The van der Waals surface area contributed by atoms with Gasteiger partial charge in [0.2, 0.25) is 0 Å². The number of carbonyl (C=O) groups excluding carboxylic acids is 1. The molecule has 2 heterocycles. The van der Waals surface area contributed by atoms with Gasteiger partial charge in [0, 0.05) is 31.9 Å². The van der Waals surface area contributed by atoms with Crippen LogP contribution in [0.5, 0.6) is 11.5 Å². The predicted octanol–water partition coefficient (Wildman–Crippen LogP) is 3.80. The molecule has 1 aromatic heterocycles. The number of anilines is 2. The predicted molar refractivity (Wildman–Crippen MR) is 110 cm³/mol. The number of methoxy groups -OCH3 is 2. The molecular weight excluding hydrogens is 356 g/mol. The summed E-state index contributed by atoms with van der Waals surface area (Å²) in [5.74, 6) is 2.20. The van der Waals surface area contributed by atoms with Gasteiger partial charge in [-0.05, 0) is 42.7 Å². The number of ether oxygens (including phenoxy) is 2. The number of amides is 2. The number of nitrogens with one attached hydrogen (secondary N) is 2. The number of hydrogen-bond donors (Lipinski definition) is 2. The third-order valence-corrected chi connectivity index (χ3v) is 4.85. The van der Waals surface area contributed by atoms with Gasteiger partial charge in [-0.3, -0.25) is 0 Å². The van der Waals surface area contributed by atoms with Gasteiger partial charge in [-0.25, -0.2) is 9.78 Å². The number of hydrogen-bond acceptors (Lipinski definition) is 5. The molecule has 0 saturated carbocycles. The fraction of sp³-hybridized carbons (Fsp3) is 0.429. The van der Waals surface area contributed by atoms with Gasteiger partial charge in [0.05, 0.1) is 19.9 Å². The van der Waals surface area contributed by atoms with Crippen molar-refractivity contribution in [2.75, 3.05) is 37.5 Å². The molecular formula is C21H28N4O3. The van der Waals surface area contributed by atoms with Crippen LogP contribution >= 0.6 is 0 Å². The molecule has 7 nitrogen and oxygen atoms in total. The third kappa shape index (κ3) is 5.28. The maximum absolute atomic E-state index is 12.3. The Hall–Kier alpha value is -2.96. The van der Waals surface area contributed by atoms with Gasteiger partial charge in [-0.15, -0.1) is 0 Å². The Bertz CT molecular complexity index is 789. The zero-order valence-corrected chi connectivity index (χ0v) is 16.5. The second kappa shape index (κ2) is 9.82. The lowest BCUT2D eigenvalue weighted by atomic mass is 10.2. The van der Waals surface area contributed by atoms with Gasteiger partial charge in [0.25, 0.3) is 0 Å². The van der Waals surface area contributed by atoms with Crippen molar-refractivity contribution < 1.29 is 14.3 Å². The highest BCUT2D eigenvalue weighted by atomic mass is 16.5. The summed E-state index contributed by atoms with van der Waals surface area (Å²) in [5.41, 5.74) is 1.57. The zero-order chi connectivity index (χ0) is 19.8. The Labute approximate surface area is 166 Å². The SMILES string of the molecule is COc1ccc(OC)c(NC(=O)NCc2ccnc(N3CCCCCC3)c2)c1. The summed E-state index contributed by atoms with van der Waals surface area (Å²) in [7, 11) is 3.14. The molecule has 150 valence electrons. The average Bonchev–Trinajstić information content (AvgIpc) is 3.02. The van der Waals surface area contributed by atoms with Gasteiger partial charge in [-0.1, -0.05) is 12.8 Å². The van der Waals surface area contributed by atoms with Crippen molar-refractivity contribution in [1.29, 1.82) is 0 Å². The van der Waals surface area contributed by atoms with Gasteiger partial charge in [-0.2, -0.15) is 0 Å². The van der Waals surface area contributed by atoms with Gasteiger partial charge in [0.1, 0.15) is 17.3 Å². The number of urea groups is 1. The summed E-state index contributed by atoms with van der Waals surface area (Å²) in [6.45, 7) is 2.50. The first-order valence-corrected chi connectivity index (χ1v) is 9.66. The summed E-state index contributed by atoms with van der Waals surface area (Å²) in [6.07, 6.45) is 6.78. The summed E-state index contributed by atoms with van der Waals surface area (Å²) in [6, 6.07) is 8.93. The molecule has 1 aliphatic rings. The summed E-state index contributed by atoms with van der Waals surface area (Å²) >= 11 is 0. The van der Waals surface area contributed by atoms with E-state index in [4.69, 9.17) is 9.47 Å². The topological polar surface area (TPSA) is 75.7 Å². The lowest BCUT2D eigenvalue weighted by molar-refractivity contribution is 0.251. The Morgan fingerprint density at radius 2 is 1.86 bits per heavy atom. The highest BCUT2D eigenvalue weighted by Crippen LogP contribution is 2.28. The van der Waals surface area contributed by atoms with Crippen molar-refractivity contribution in [3.8, 4) is 11.5 Å². The first kappa shape index (κ1) is 19.8. The summed E-state index contributed by atoms with van der Waals surface area (Å²) < 4.78 is 10.5. The monoisotopic (exact) mass is 384 g/mol. The molecule has 2 N–H and O–H groups in total.